The normalized spacial score (nSPS) is 8.92. The molecule has 0 saturated heterocycles. The van der Waals surface area contributed by atoms with E-state index in [-0.39, 0.29) is 11.4 Å². The van der Waals surface area contributed by atoms with E-state index in [0.717, 1.165) is 0 Å². The van der Waals surface area contributed by atoms with Gasteiger partial charge in [0.25, 0.3) is 0 Å². The van der Waals surface area contributed by atoms with Crippen LogP contribution in [0.15, 0.2) is 5.03 Å². The molecule has 0 aliphatic carbocycles. The molecule has 12 heavy (non-hydrogen) atoms. The molecule has 5 heteroatoms. The molecule has 0 spiro atoms. The van der Waals surface area contributed by atoms with Crippen molar-refractivity contribution < 1.29 is 0 Å². The number of nitrogen functional groups attached to an aromatic ring is 1. The van der Waals surface area contributed by atoms with Crippen molar-refractivity contribution in [2.24, 2.45) is 0 Å². The molecule has 1 aromatic heterocycles. The molecule has 1 heterocycles. The Labute approximate surface area is 74.0 Å². The van der Waals surface area contributed by atoms with Gasteiger partial charge in [-0.15, -0.1) is 11.8 Å². The molecule has 60 valence electrons. The van der Waals surface area contributed by atoms with Gasteiger partial charge in [-0.3, -0.25) is 0 Å². The van der Waals surface area contributed by atoms with Crippen LogP contribution in [0.25, 0.3) is 0 Å². The second-order valence-electron chi connectivity index (χ2n) is 2.05. The lowest BCUT2D eigenvalue weighted by atomic mass is 10.2. The Balaban J connectivity index is 3.41. The molecule has 0 aromatic carbocycles. The molecule has 0 radical (unpaired) electrons. The van der Waals surface area contributed by atoms with E-state index in [1.807, 2.05) is 18.4 Å². The third-order valence-corrected chi connectivity index (χ3v) is 2.14. The van der Waals surface area contributed by atoms with Crippen LogP contribution in [0.5, 0.6) is 0 Å². The van der Waals surface area contributed by atoms with Crippen LogP contribution in [0.4, 0.5) is 5.82 Å². The van der Waals surface area contributed by atoms with Crippen molar-refractivity contribution in [3.8, 4) is 12.1 Å². The van der Waals surface area contributed by atoms with Gasteiger partial charge in [0.1, 0.15) is 29.1 Å². The summed E-state index contributed by atoms with van der Waals surface area (Å²) in [5.41, 5.74) is 6.03. The fourth-order valence-electron chi connectivity index (χ4n) is 0.871. The standard InChI is InChI=1S/C7H6N4S/c1-12-7-5(3-9)4(2-8)6(10)11-7/h11H,10H2,1H3. The van der Waals surface area contributed by atoms with Gasteiger partial charge in [0, 0.05) is 0 Å². The van der Waals surface area contributed by atoms with Gasteiger partial charge in [-0.05, 0) is 6.26 Å². The Morgan fingerprint density at radius 2 is 1.92 bits per heavy atom. The Morgan fingerprint density at radius 3 is 2.33 bits per heavy atom. The van der Waals surface area contributed by atoms with E-state index in [9.17, 15) is 0 Å². The quantitative estimate of drug-likeness (QED) is 0.629. The first-order valence-corrected chi connectivity index (χ1v) is 4.32. The highest BCUT2D eigenvalue weighted by molar-refractivity contribution is 7.98. The minimum absolute atomic E-state index is 0.238. The van der Waals surface area contributed by atoms with Gasteiger partial charge < -0.3 is 10.7 Å². The Kier molecular flexibility index (Phi) is 2.27. The fraction of sp³-hybridized carbons (Fsp3) is 0.143. The van der Waals surface area contributed by atoms with E-state index in [1.165, 1.54) is 11.8 Å². The van der Waals surface area contributed by atoms with E-state index < -0.39 is 0 Å². The van der Waals surface area contributed by atoms with Crippen LogP contribution in [0, 0.1) is 22.7 Å². The number of aromatic nitrogens is 1. The summed E-state index contributed by atoms with van der Waals surface area (Å²) < 4.78 is 0. The Hall–Kier alpha value is -1.59. The smallest absolute Gasteiger partial charge is 0.121 e. The molecule has 0 aliphatic rings. The van der Waals surface area contributed by atoms with Crippen LogP contribution in [-0.2, 0) is 0 Å². The van der Waals surface area contributed by atoms with Gasteiger partial charge in [-0.2, -0.15) is 10.5 Å². The minimum atomic E-state index is 0.238. The summed E-state index contributed by atoms with van der Waals surface area (Å²) in [5, 5.41) is 18.0. The van der Waals surface area contributed by atoms with Gasteiger partial charge in [0.15, 0.2) is 0 Å². The number of rotatable bonds is 1. The summed E-state index contributed by atoms with van der Waals surface area (Å²) in [4.78, 5) is 2.76. The maximum atomic E-state index is 8.68. The predicted molar refractivity (Wildman–Crippen MR) is 46.4 cm³/mol. The van der Waals surface area contributed by atoms with Gasteiger partial charge >= 0.3 is 0 Å². The van der Waals surface area contributed by atoms with Crippen LogP contribution in [-0.4, -0.2) is 11.2 Å². The molecule has 1 rings (SSSR count). The highest BCUT2D eigenvalue weighted by Gasteiger charge is 2.13. The Morgan fingerprint density at radius 1 is 1.33 bits per heavy atom. The molecule has 0 saturated carbocycles. The van der Waals surface area contributed by atoms with Crippen molar-refractivity contribution in [3.05, 3.63) is 11.1 Å². The van der Waals surface area contributed by atoms with E-state index in [4.69, 9.17) is 16.3 Å². The summed E-state index contributed by atoms with van der Waals surface area (Å²) in [6, 6.07) is 3.81. The molecule has 0 bridgehead atoms. The first-order chi connectivity index (χ1) is 5.74. The number of aromatic amines is 1. The molecule has 3 N–H and O–H groups in total. The van der Waals surface area contributed by atoms with Crippen molar-refractivity contribution >= 4 is 17.6 Å². The summed E-state index contributed by atoms with van der Waals surface area (Å²) in [5.74, 6) is 0.262. The lowest BCUT2D eigenvalue weighted by Crippen LogP contribution is -1.87. The van der Waals surface area contributed by atoms with Gasteiger partial charge in [-0.1, -0.05) is 0 Å². The van der Waals surface area contributed by atoms with E-state index in [1.54, 1.807) is 0 Å². The molecule has 4 nitrogen and oxygen atoms in total. The van der Waals surface area contributed by atoms with Crippen molar-refractivity contribution in [1.82, 2.24) is 4.98 Å². The SMILES string of the molecule is CSc1[nH]c(N)c(C#N)c1C#N. The highest BCUT2D eigenvalue weighted by atomic mass is 32.2. The maximum absolute atomic E-state index is 8.68. The van der Waals surface area contributed by atoms with E-state index >= 15 is 0 Å². The highest BCUT2D eigenvalue weighted by Crippen LogP contribution is 2.25. The van der Waals surface area contributed by atoms with E-state index in [2.05, 4.69) is 4.98 Å². The Bertz CT molecular complexity index is 379. The fourth-order valence-corrected chi connectivity index (χ4v) is 1.44. The number of nitriles is 2. The number of nitrogens with two attached hydrogens (primary N) is 1. The van der Waals surface area contributed by atoms with Crippen molar-refractivity contribution in [1.29, 1.82) is 10.5 Å². The summed E-state index contributed by atoms with van der Waals surface area (Å²) in [6.45, 7) is 0. The van der Waals surface area contributed by atoms with Crippen LogP contribution in [0.1, 0.15) is 11.1 Å². The van der Waals surface area contributed by atoms with Gasteiger partial charge in [0.2, 0.25) is 0 Å². The van der Waals surface area contributed by atoms with Crippen molar-refractivity contribution in [3.63, 3.8) is 0 Å². The number of thioether (sulfide) groups is 1. The first kappa shape index (κ1) is 8.51. The lowest BCUT2D eigenvalue weighted by Gasteiger charge is -1.87. The molecule has 0 atom stereocenters. The molecular formula is C7H6N4S. The maximum Gasteiger partial charge on any atom is 0.121 e. The van der Waals surface area contributed by atoms with Crippen LogP contribution >= 0.6 is 11.8 Å². The molecule has 0 unspecified atom stereocenters. The monoisotopic (exact) mass is 178 g/mol. The molecule has 1 aromatic rings. The largest absolute Gasteiger partial charge is 0.384 e. The second kappa shape index (κ2) is 3.21. The summed E-state index contributed by atoms with van der Waals surface area (Å²) in [6.07, 6.45) is 1.81. The predicted octanol–water partition coefficient (Wildman–Crippen LogP) is 1.06. The minimum Gasteiger partial charge on any atom is -0.384 e. The van der Waals surface area contributed by atoms with Crippen molar-refractivity contribution in [2.75, 3.05) is 12.0 Å². The van der Waals surface area contributed by atoms with E-state index in [0.29, 0.717) is 10.6 Å². The molecule has 0 fully saturated rings. The number of nitrogens with zero attached hydrogens (tertiary/aromatic N) is 2. The first-order valence-electron chi connectivity index (χ1n) is 3.10. The zero-order chi connectivity index (χ0) is 9.14. The number of anilines is 1. The van der Waals surface area contributed by atoms with Gasteiger partial charge in [0.05, 0.1) is 5.03 Å². The number of H-pyrrole nitrogens is 1. The third kappa shape index (κ3) is 1.11. The number of hydrogen-bond acceptors (Lipinski definition) is 4. The average Bonchev–Trinajstić information content (AvgIpc) is 2.40. The van der Waals surface area contributed by atoms with Crippen molar-refractivity contribution in [2.45, 2.75) is 5.03 Å². The zero-order valence-corrected chi connectivity index (χ0v) is 7.20. The lowest BCUT2D eigenvalue weighted by molar-refractivity contribution is 1.20. The molecule has 0 aliphatic heterocycles. The average molecular weight is 178 g/mol. The van der Waals surface area contributed by atoms with Crippen LogP contribution in [0.2, 0.25) is 0 Å². The second-order valence-corrected chi connectivity index (χ2v) is 2.86. The van der Waals surface area contributed by atoms with Crippen LogP contribution in [0.3, 0.4) is 0 Å². The molecular weight excluding hydrogens is 172 g/mol. The zero-order valence-electron chi connectivity index (χ0n) is 6.38. The number of hydrogen-bond donors (Lipinski definition) is 2. The number of nitrogens with one attached hydrogen (secondary N) is 1. The van der Waals surface area contributed by atoms with Crippen LogP contribution < -0.4 is 5.73 Å². The third-order valence-electron chi connectivity index (χ3n) is 1.42. The molecule has 0 amide bonds. The van der Waals surface area contributed by atoms with Gasteiger partial charge in [-0.25, -0.2) is 0 Å². The topological polar surface area (TPSA) is 89.4 Å². The summed E-state index contributed by atoms with van der Waals surface area (Å²) >= 11 is 1.36. The summed E-state index contributed by atoms with van der Waals surface area (Å²) in [7, 11) is 0.